The minimum Gasteiger partial charge on any atom is -0.382 e. The Balaban J connectivity index is 1.75. The predicted octanol–water partition coefficient (Wildman–Crippen LogP) is 2.45. The number of aryl methyl sites for hydroxylation is 2. The Morgan fingerprint density at radius 3 is 2.54 bits per heavy atom. The van der Waals surface area contributed by atoms with Crippen LogP contribution in [0.25, 0.3) is 10.9 Å². The molecule has 28 heavy (non-hydrogen) atoms. The van der Waals surface area contributed by atoms with Crippen LogP contribution in [0.15, 0.2) is 58.2 Å². The maximum Gasteiger partial charge on any atom is 0.297 e. The van der Waals surface area contributed by atoms with Crippen LogP contribution in [0.3, 0.4) is 0 Å². The number of nitrogens with zero attached hydrogens (tertiary/aromatic N) is 1. The molecule has 146 valence electrons. The van der Waals surface area contributed by atoms with Crippen molar-refractivity contribution in [3.05, 3.63) is 75.8 Å². The van der Waals surface area contributed by atoms with E-state index in [-0.39, 0.29) is 34.5 Å². The standard InChI is InChI=1S/C20H18FNO5S/c1-13-2-6-15(7-3-13)28(25,26)27-12-20(24)10-11-22-17(23)9-5-14-4-8-16(21)18(20)19(14)22/h2-9,24H,10-12H2,1H3. The van der Waals surface area contributed by atoms with Gasteiger partial charge in [-0.1, -0.05) is 17.7 Å². The van der Waals surface area contributed by atoms with Crippen LogP contribution in [0, 0.1) is 12.7 Å². The van der Waals surface area contributed by atoms with Crippen LogP contribution in [0.1, 0.15) is 17.5 Å². The van der Waals surface area contributed by atoms with Gasteiger partial charge in [-0.2, -0.15) is 8.42 Å². The van der Waals surface area contributed by atoms with E-state index >= 15 is 0 Å². The summed E-state index contributed by atoms with van der Waals surface area (Å²) in [6, 6.07) is 11.7. The molecule has 1 unspecified atom stereocenters. The van der Waals surface area contributed by atoms with E-state index in [1.165, 1.54) is 34.9 Å². The summed E-state index contributed by atoms with van der Waals surface area (Å²) in [5, 5.41) is 11.7. The molecule has 0 saturated carbocycles. The lowest BCUT2D eigenvalue weighted by Crippen LogP contribution is -2.41. The van der Waals surface area contributed by atoms with Gasteiger partial charge in [0.15, 0.2) is 0 Å². The van der Waals surface area contributed by atoms with Crippen molar-refractivity contribution in [1.29, 1.82) is 0 Å². The number of rotatable bonds is 4. The molecule has 0 radical (unpaired) electrons. The zero-order valence-corrected chi connectivity index (χ0v) is 15.9. The molecule has 1 aromatic heterocycles. The van der Waals surface area contributed by atoms with Crippen molar-refractivity contribution in [1.82, 2.24) is 4.57 Å². The molecule has 1 aliphatic rings. The van der Waals surface area contributed by atoms with Crippen LogP contribution in [-0.2, 0) is 26.4 Å². The summed E-state index contributed by atoms with van der Waals surface area (Å²) in [5.74, 6) is -0.717. The molecule has 4 rings (SSSR count). The topological polar surface area (TPSA) is 85.6 Å². The van der Waals surface area contributed by atoms with Crippen molar-refractivity contribution in [3.63, 3.8) is 0 Å². The van der Waals surface area contributed by atoms with Crippen molar-refractivity contribution in [2.75, 3.05) is 6.61 Å². The minimum absolute atomic E-state index is 0.0483. The lowest BCUT2D eigenvalue weighted by Gasteiger charge is -2.34. The first kappa shape index (κ1) is 18.8. The number of hydrogen-bond acceptors (Lipinski definition) is 5. The highest BCUT2D eigenvalue weighted by atomic mass is 32.2. The minimum atomic E-state index is -4.13. The third-order valence-electron chi connectivity index (χ3n) is 5.08. The molecule has 0 spiro atoms. The van der Waals surface area contributed by atoms with Crippen molar-refractivity contribution in [2.24, 2.45) is 0 Å². The zero-order valence-electron chi connectivity index (χ0n) is 15.1. The first-order valence-corrected chi connectivity index (χ1v) is 10.1. The largest absolute Gasteiger partial charge is 0.382 e. The van der Waals surface area contributed by atoms with Gasteiger partial charge < -0.3 is 9.67 Å². The van der Waals surface area contributed by atoms with Crippen LogP contribution in [0.2, 0.25) is 0 Å². The molecule has 2 heterocycles. The van der Waals surface area contributed by atoms with Gasteiger partial charge in [0, 0.05) is 24.6 Å². The third kappa shape index (κ3) is 3.03. The second kappa shape index (κ2) is 6.51. The Morgan fingerprint density at radius 2 is 1.82 bits per heavy atom. The number of pyridine rings is 1. The lowest BCUT2D eigenvalue weighted by molar-refractivity contribution is -0.0241. The van der Waals surface area contributed by atoms with Crippen LogP contribution < -0.4 is 5.56 Å². The second-order valence-corrected chi connectivity index (χ2v) is 8.61. The summed E-state index contributed by atoms with van der Waals surface area (Å²) in [6.07, 6.45) is -0.0522. The molecular weight excluding hydrogens is 385 g/mol. The van der Waals surface area contributed by atoms with E-state index in [1.807, 2.05) is 6.92 Å². The highest BCUT2D eigenvalue weighted by molar-refractivity contribution is 7.86. The average molecular weight is 403 g/mol. The molecular formula is C20H18FNO5S. The molecule has 8 heteroatoms. The Labute approximate surface area is 160 Å². The molecule has 0 fully saturated rings. The van der Waals surface area contributed by atoms with Gasteiger partial charge in [-0.3, -0.25) is 8.98 Å². The summed E-state index contributed by atoms with van der Waals surface area (Å²) in [4.78, 5) is 12.1. The number of aromatic nitrogens is 1. The molecule has 0 amide bonds. The molecule has 1 aliphatic heterocycles. The van der Waals surface area contributed by atoms with E-state index in [0.717, 1.165) is 5.56 Å². The van der Waals surface area contributed by atoms with Gasteiger partial charge in [-0.25, -0.2) is 4.39 Å². The maximum absolute atomic E-state index is 14.7. The molecule has 0 aliphatic carbocycles. The van der Waals surface area contributed by atoms with E-state index in [4.69, 9.17) is 4.18 Å². The third-order valence-corrected chi connectivity index (χ3v) is 6.35. The maximum atomic E-state index is 14.7. The van der Waals surface area contributed by atoms with Crippen molar-refractivity contribution in [3.8, 4) is 0 Å². The zero-order chi connectivity index (χ0) is 20.1. The van der Waals surface area contributed by atoms with Gasteiger partial charge in [0.1, 0.15) is 11.4 Å². The predicted molar refractivity (Wildman–Crippen MR) is 101 cm³/mol. The highest BCUT2D eigenvalue weighted by Gasteiger charge is 2.40. The fourth-order valence-electron chi connectivity index (χ4n) is 3.55. The van der Waals surface area contributed by atoms with Crippen molar-refractivity contribution >= 4 is 21.0 Å². The molecule has 0 saturated heterocycles. The molecule has 3 aromatic rings. The second-order valence-electron chi connectivity index (χ2n) is 6.99. The van der Waals surface area contributed by atoms with Gasteiger partial charge >= 0.3 is 0 Å². The monoisotopic (exact) mass is 403 g/mol. The smallest absolute Gasteiger partial charge is 0.297 e. The number of hydrogen-bond donors (Lipinski definition) is 1. The Kier molecular flexibility index (Phi) is 4.37. The molecule has 0 bridgehead atoms. The summed E-state index contributed by atoms with van der Waals surface area (Å²) in [5.41, 5.74) is -1.16. The quantitative estimate of drug-likeness (QED) is 0.677. The van der Waals surface area contributed by atoms with E-state index in [1.54, 1.807) is 18.2 Å². The van der Waals surface area contributed by atoms with Gasteiger partial charge in [-0.05, 0) is 42.6 Å². The van der Waals surface area contributed by atoms with Crippen LogP contribution in [-0.4, -0.2) is 24.7 Å². The number of aliphatic hydroxyl groups is 1. The molecule has 1 N–H and O–H groups in total. The normalized spacial score (nSPS) is 19.1. The lowest BCUT2D eigenvalue weighted by atomic mass is 9.86. The Hall–Kier alpha value is -2.55. The Bertz CT molecular complexity index is 1230. The van der Waals surface area contributed by atoms with Crippen molar-refractivity contribution < 1.29 is 22.1 Å². The average Bonchev–Trinajstić information content (AvgIpc) is 2.66. The van der Waals surface area contributed by atoms with E-state index in [9.17, 15) is 22.7 Å². The fourth-order valence-corrected chi connectivity index (χ4v) is 4.50. The van der Waals surface area contributed by atoms with Gasteiger partial charge in [0.25, 0.3) is 15.7 Å². The van der Waals surface area contributed by atoms with Crippen LogP contribution in [0.4, 0.5) is 4.39 Å². The molecule has 6 nitrogen and oxygen atoms in total. The van der Waals surface area contributed by atoms with Crippen molar-refractivity contribution in [2.45, 2.75) is 30.4 Å². The fraction of sp³-hybridized carbons (Fsp3) is 0.250. The first-order chi connectivity index (χ1) is 13.2. The van der Waals surface area contributed by atoms with E-state index in [2.05, 4.69) is 0 Å². The van der Waals surface area contributed by atoms with Gasteiger partial charge in [0.05, 0.1) is 17.0 Å². The van der Waals surface area contributed by atoms with Gasteiger partial charge in [0.2, 0.25) is 0 Å². The van der Waals surface area contributed by atoms with Gasteiger partial charge in [-0.15, -0.1) is 0 Å². The van der Waals surface area contributed by atoms with E-state index < -0.39 is 28.1 Å². The van der Waals surface area contributed by atoms with Crippen LogP contribution in [0.5, 0.6) is 0 Å². The van der Waals surface area contributed by atoms with Crippen LogP contribution >= 0.6 is 0 Å². The Morgan fingerprint density at radius 1 is 1.14 bits per heavy atom. The summed E-state index contributed by atoms with van der Waals surface area (Å²) < 4.78 is 46.1. The SMILES string of the molecule is Cc1ccc(S(=O)(=O)OCC2(O)CCn3c(=O)ccc4ccc(F)c2c43)cc1. The first-order valence-electron chi connectivity index (χ1n) is 8.72. The number of benzene rings is 2. The number of halogens is 1. The summed E-state index contributed by atoms with van der Waals surface area (Å²) in [6.45, 7) is 1.30. The molecule has 1 atom stereocenters. The summed E-state index contributed by atoms with van der Waals surface area (Å²) in [7, 11) is -4.13. The van der Waals surface area contributed by atoms with E-state index in [0.29, 0.717) is 5.39 Å². The molecule has 2 aromatic carbocycles. The highest BCUT2D eigenvalue weighted by Crippen LogP contribution is 2.38. The summed E-state index contributed by atoms with van der Waals surface area (Å²) >= 11 is 0.